The number of nitrogens with one attached hydrogen (secondary N) is 3. The van der Waals surface area contributed by atoms with Crippen LogP contribution in [-0.2, 0) is 10.0 Å². The number of aromatic nitrogens is 4. The number of H-pyrrole nitrogens is 1. The lowest BCUT2D eigenvalue weighted by molar-refractivity contribution is 0.0988. The Morgan fingerprint density at radius 1 is 1.15 bits per heavy atom. The third-order valence-corrected chi connectivity index (χ3v) is 7.01. The molecule has 1 aliphatic rings. The average Bonchev–Trinajstić information content (AvgIpc) is 3.31. The van der Waals surface area contributed by atoms with E-state index >= 15 is 0 Å². The molecule has 1 aromatic carbocycles. The number of fused-ring (bicyclic) bond motifs is 1. The van der Waals surface area contributed by atoms with E-state index in [9.17, 15) is 13.5 Å². The molecule has 2 heterocycles. The maximum Gasteiger partial charge on any atom is 0.245 e. The second kappa shape index (κ2) is 10.4. The molecule has 3 aromatic rings. The molecule has 0 amide bonds. The van der Waals surface area contributed by atoms with E-state index in [0.29, 0.717) is 35.3 Å². The molecule has 33 heavy (non-hydrogen) atoms. The molecular formula is C21H28N6O5S. The van der Waals surface area contributed by atoms with Crippen molar-refractivity contribution in [3.8, 4) is 5.88 Å². The molecule has 0 spiro atoms. The van der Waals surface area contributed by atoms with Crippen LogP contribution in [0.4, 0.5) is 11.6 Å². The minimum absolute atomic E-state index is 0.0263. The molecule has 178 valence electrons. The number of aromatic amines is 1. The Morgan fingerprint density at radius 3 is 2.64 bits per heavy atom. The van der Waals surface area contributed by atoms with Crippen molar-refractivity contribution in [3.63, 3.8) is 0 Å². The van der Waals surface area contributed by atoms with Gasteiger partial charge in [-0.1, -0.05) is 19.3 Å². The quantitative estimate of drug-likeness (QED) is 0.293. The zero-order chi connectivity index (χ0) is 23.3. The predicted molar refractivity (Wildman–Crippen MR) is 122 cm³/mol. The standard InChI is InChI=1S/C21H28N6O5S/c28-11-16(29)10-24-33(30,31)17-8-6-15(7-9-17)25-21-26-19-18(22-13-23-19)20(27-21)32-12-14-4-2-1-3-5-14/h6-9,13-14,16,24,28-29H,1-5,10-12H2,(H2,22,23,25,26,27). The van der Waals surface area contributed by atoms with E-state index < -0.39 is 22.7 Å². The number of hydrogen-bond acceptors (Lipinski definition) is 9. The van der Waals surface area contributed by atoms with Crippen molar-refractivity contribution < 1.29 is 23.4 Å². The van der Waals surface area contributed by atoms with Crippen LogP contribution < -0.4 is 14.8 Å². The molecule has 2 aromatic heterocycles. The van der Waals surface area contributed by atoms with Gasteiger partial charge in [0.2, 0.25) is 21.9 Å². The normalized spacial score (nSPS) is 16.1. The summed E-state index contributed by atoms with van der Waals surface area (Å²) in [5.74, 6) is 1.23. The van der Waals surface area contributed by atoms with Gasteiger partial charge in [-0.2, -0.15) is 9.97 Å². The highest BCUT2D eigenvalue weighted by molar-refractivity contribution is 7.89. The summed E-state index contributed by atoms with van der Waals surface area (Å²) in [6.07, 6.45) is 6.43. The molecule has 0 aliphatic heterocycles. The summed E-state index contributed by atoms with van der Waals surface area (Å²) in [7, 11) is -3.82. The Bertz CT molecular complexity index is 1160. The van der Waals surface area contributed by atoms with Gasteiger partial charge in [-0.25, -0.2) is 18.1 Å². The molecule has 1 unspecified atom stereocenters. The molecule has 12 heteroatoms. The highest BCUT2D eigenvalue weighted by atomic mass is 32.2. The lowest BCUT2D eigenvalue weighted by atomic mass is 9.90. The Morgan fingerprint density at radius 2 is 1.91 bits per heavy atom. The Kier molecular flexibility index (Phi) is 7.38. The number of nitrogens with zero attached hydrogens (tertiary/aromatic N) is 3. The number of benzene rings is 1. The first-order valence-corrected chi connectivity index (χ1v) is 12.4. The SMILES string of the molecule is O=S(=O)(NCC(O)CO)c1ccc(Nc2nc(OCC3CCCCC3)c3[nH]cnc3n2)cc1. The first-order valence-electron chi connectivity index (χ1n) is 10.9. The second-order valence-electron chi connectivity index (χ2n) is 8.11. The van der Waals surface area contributed by atoms with Crippen LogP contribution in [0, 0.1) is 5.92 Å². The lowest BCUT2D eigenvalue weighted by Crippen LogP contribution is -2.33. The van der Waals surface area contributed by atoms with Gasteiger partial charge in [0, 0.05) is 12.2 Å². The summed E-state index contributed by atoms with van der Waals surface area (Å²) < 4.78 is 32.9. The fourth-order valence-corrected chi connectivity index (χ4v) is 4.79. The topological polar surface area (TPSA) is 162 Å². The molecule has 5 N–H and O–H groups in total. The molecule has 0 radical (unpaired) electrons. The first kappa shape index (κ1) is 23.4. The predicted octanol–water partition coefficient (Wildman–Crippen LogP) is 1.69. The van der Waals surface area contributed by atoms with Gasteiger partial charge in [0.05, 0.1) is 30.5 Å². The molecule has 4 rings (SSSR count). The van der Waals surface area contributed by atoms with Crippen molar-refractivity contribution in [2.45, 2.75) is 43.1 Å². The van der Waals surface area contributed by atoms with Gasteiger partial charge in [-0.05, 0) is 43.0 Å². The summed E-state index contributed by atoms with van der Waals surface area (Å²) in [6.45, 7) is -0.215. The molecule has 1 fully saturated rings. The second-order valence-corrected chi connectivity index (χ2v) is 9.87. The van der Waals surface area contributed by atoms with Crippen LogP contribution in [0.3, 0.4) is 0 Å². The summed E-state index contributed by atoms with van der Waals surface area (Å²) in [6, 6.07) is 6.00. The highest BCUT2D eigenvalue weighted by Crippen LogP contribution is 2.27. The zero-order valence-electron chi connectivity index (χ0n) is 18.1. The first-order chi connectivity index (χ1) is 15.9. The fraction of sp³-hybridized carbons (Fsp3) is 0.476. The maximum atomic E-state index is 12.3. The Labute approximate surface area is 191 Å². The lowest BCUT2D eigenvalue weighted by Gasteiger charge is -2.21. The highest BCUT2D eigenvalue weighted by Gasteiger charge is 2.18. The number of sulfonamides is 1. The monoisotopic (exact) mass is 476 g/mol. The van der Waals surface area contributed by atoms with Crippen LogP contribution in [0.2, 0.25) is 0 Å². The largest absolute Gasteiger partial charge is 0.476 e. The van der Waals surface area contributed by atoms with Gasteiger partial charge in [-0.15, -0.1) is 0 Å². The van der Waals surface area contributed by atoms with Gasteiger partial charge >= 0.3 is 0 Å². The van der Waals surface area contributed by atoms with E-state index in [4.69, 9.17) is 9.84 Å². The molecular weight excluding hydrogens is 448 g/mol. The molecule has 0 bridgehead atoms. The van der Waals surface area contributed by atoms with Gasteiger partial charge in [-0.3, -0.25) is 0 Å². The Hall–Kier alpha value is -2.80. The number of hydrogen-bond donors (Lipinski definition) is 5. The van der Waals surface area contributed by atoms with Gasteiger partial charge < -0.3 is 25.3 Å². The van der Waals surface area contributed by atoms with Crippen LogP contribution >= 0.6 is 0 Å². The number of anilines is 2. The van der Waals surface area contributed by atoms with Crippen molar-refractivity contribution in [1.29, 1.82) is 0 Å². The molecule has 1 saturated carbocycles. The van der Waals surface area contributed by atoms with E-state index in [1.165, 1.54) is 37.7 Å². The molecule has 0 saturated heterocycles. The van der Waals surface area contributed by atoms with Gasteiger partial charge in [0.25, 0.3) is 0 Å². The van der Waals surface area contributed by atoms with Gasteiger partial charge in [0.15, 0.2) is 5.65 Å². The Balaban J connectivity index is 1.46. The van der Waals surface area contributed by atoms with Crippen LogP contribution in [0.15, 0.2) is 35.5 Å². The zero-order valence-corrected chi connectivity index (χ0v) is 18.9. The minimum Gasteiger partial charge on any atom is -0.476 e. The maximum absolute atomic E-state index is 12.3. The summed E-state index contributed by atoms with van der Waals surface area (Å²) >= 11 is 0. The van der Waals surface area contributed by atoms with E-state index in [2.05, 4.69) is 30.0 Å². The molecule has 1 aliphatic carbocycles. The van der Waals surface area contributed by atoms with Crippen molar-refractivity contribution in [2.24, 2.45) is 5.92 Å². The van der Waals surface area contributed by atoms with Crippen LogP contribution in [0.5, 0.6) is 5.88 Å². The van der Waals surface area contributed by atoms with Gasteiger partial charge in [0.1, 0.15) is 5.52 Å². The summed E-state index contributed by atoms with van der Waals surface area (Å²) in [4.78, 5) is 16.1. The summed E-state index contributed by atoms with van der Waals surface area (Å²) in [5, 5.41) is 21.2. The van der Waals surface area contributed by atoms with Crippen LogP contribution in [0.25, 0.3) is 11.2 Å². The summed E-state index contributed by atoms with van der Waals surface area (Å²) in [5.41, 5.74) is 1.68. The molecule has 11 nitrogen and oxygen atoms in total. The number of rotatable bonds is 10. The van der Waals surface area contributed by atoms with E-state index in [-0.39, 0.29) is 17.4 Å². The fourth-order valence-electron chi connectivity index (χ4n) is 3.72. The van der Waals surface area contributed by atoms with Crippen LogP contribution in [-0.4, -0.2) is 64.4 Å². The van der Waals surface area contributed by atoms with Crippen molar-refractivity contribution in [1.82, 2.24) is 24.7 Å². The number of imidazole rings is 1. The van der Waals surface area contributed by atoms with Crippen molar-refractivity contribution in [2.75, 3.05) is 25.1 Å². The molecule has 1 atom stereocenters. The third kappa shape index (κ3) is 5.96. The van der Waals surface area contributed by atoms with E-state index in [0.717, 1.165) is 12.8 Å². The number of aliphatic hydroxyl groups excluding tert-OH is 2. The smallest absolute Gasteiger partial charge is 0.245 e. The average molecular weight is 477 g/mol. The minimum atomic E-state index is -3.82. The van der Waals surface area contributed by atoms with Crippen molar-refractivity contribution >= 4 is 32.8 Å². The van der Waals surface area contributed by atoms with Crippen LogP contribution in [0.1, 0.15) is 32.1 Å². The third-order valence-electron chi connectivity index (χ3n) is 5.57. The van der Waals surface area contributed by atoms with Crippen molar-refractivity contribution in [3.05, 3.63) is 30.6 Å². The van der Waals surface area contributed by atoms with E-state index in [1.807, 2.05) is 0 Å². The number of aliphatic hydroxyl groups is 2. The van der Waals surface area contributed by atoms with E-state index in [1.54, 1.807) is 12.1 Å². The number of ether oxygens (including phenoxy) is 1.